The van der Waals surface area contributed by atoms with Crippen molar-refractivity contribution in [2.24, 2.45) is 0 Å². The minimum absolute atomic E-state index is 0.0794. The topological polar surface area (TPSA) is 136 Å². The number of nitrogens with zero attached hydrogens (tertiary/aromatic N) is 2. The highest BCUT2D eigenvalue weighted by Gasteiger charge is 2.26. The second-order valence-corrected chi connectivity index (χ2v) is 8.34. The Bertz CT molecular complexity index is 1010. The first-order chi connectivity index (χ1) is 13.5. The number of nitrogens with one attached hydrogen (secondary N) is 1. The van der Waals surface area contributed by atoms with Crippen molar-refractivity contribution in [2.75, 3.05) is 18.9 Å². The zero-order valence-corrected chi connectivity index (χ0v) is 17.1. The molecule has 156 valence electrons. The van der Waals surface area contributed by atoms with Crippen LogP contribution in [0, 0.1) is 6.92 Å². The Hall–Kier alpha value is -3.05. The van der Waals surface area contributed by atoms with Crippen LogP contribution < -0.4 is 5.32 Å². The fourth-order valence-electron chi connectivity index (χ4n) is 2.24. The van der Waals surface area contributed by atoms with E-state index >= 15 is 0 Å². The third-order valence-electron chi connectivity index (χ3n) is 3.87. The molecule has 11 heteroatoms. The molecule has 0 saturated heterocycles. The normalized spacial score (nSPS) is 12.4. The Balaban J connectivity index is 1.96. The first-order valence-corrected chi connectivity index (χ1v) is 9.95. The number of benzene rings is 1. The standard InChI is InChI=1S/C18H21N3O7S/c1-11-9-16(28-20-11)19-18(24)13(3)27-17(23)10-21(4)29(25,26)15-7-5-14(6-8-15)12(2)22/h5-9,13H,10H2,1-4H3,(H,19,24). The lowest BCUT2D eigenvalue weighted by atomic mass is 10.2. The largest absolute Gasteiger partial charge is 0.452 e. The Labute approximate surface area is 167 Å². The molecule has 0 spiro atoms. The van der Waals surface area contributed by atoms with Gasteiger partial charge in [-0.1, -0.05) is 17.3 Å². The van der Waals surface area contributed by atoms with E-state index in [-0.39, 0.29) is 16.6 Å². The first kappa shape index (κ1) is 22.2. The summed E-state index contributed by atoms with van der Waals surface area (Å²) in [5, 5.41) is 6.00. The molecule has 0 fully saturated rings. The Morgan fingerprint density at radius 1 is 1.24 bits per heavy atom. The van der Waals surface area contributed by atoms with Crippen molar-refractivity contribution in [3.63, 3.8) is 0 Å². The fourth-order valence-corrected chi connectivity index (χ4v) is 3.36. The number of aryl methyl sites for hydroxylation is 1. The highest BCUT2D eigenvalue weighted by atomic mass is 32.2. The number of likely N-dealkylation sites (N-methyl/N-ethyl adjacent to an activating group) is 1. The zero-order chi connectivity index (χ0) is 21.8. The maximum absolute atomic E-state index is 12.5. The first-order valence-electron chi connectivity index (χ1n) is 8.51. The van der Waals surface area contributed by atoms with Gasteiger partial charge in [0.2, 0.25) is 15.9 Å². The van der Waals surface area contributed by atoms with Crippen LogP contribution in [0.3, 0.4) is 0 Å². The SMILES string of the molecule is CC(=O)c1ccc(S(=O)(=O)N(C)CC(=O)OC(C)C(=O)Nc2cc(C)no2)cc1. The summed E-state index contributed by atoms with van der Waals surface area (Å²) in [4.78, 5) is 35.3. The van der Waals surface area contributed by atoms with Gasteiger partial charge in [-0.05, 0) is 32.9 Å². The highest BCUT2D eigenvalue weighted by Crippen LogP contribution is 2.16. The number of ether oxygens (including phenoxy) is 1. The van der Waals surface area contributed by atoms with Crippen molar-refractivity contribution in [3.05, 3.63) is 41.6 Å². The van der Waals surface area contributed by atoms with Gasteiger partial charge in [0, 0.05) is 18.7 Å². The number of ketones is 1. The number of esters is 1. The second-order valence-electron chi connectivity index (χ2n) is 6.30. The number of rotatable bonds is 8. The van der Waals surface area contributed by atoms with E-state index in [1.807, 2.05) is 0 Å². The van der Waals surface area contributed by atoms with Gasteiger partial charge in [-0.3, -0.25) is 19.7 Å². The van der Waals surface area contributed by atoms with Crippen molar-refractivity contribution in [1.82, 2.24) is 9.46 Å². The van der Waals surface area contributed by atoms with Gasteiger partial charge in [-0.15, -0.1) is 0 Å². The molecule has 1 aromatic heterocycles. The minimum atomic E-state index is -3.98. The zero-order valence-electron chi connectivity index (χ0n) is 16.3. The van der Waals surface area contributed by atoms with E-state index in [1.54, 1.807) is 6.92 Å². The average Bonchev–Trinajstić information content (AvgIpc) is 3.06. The summed E-state index contributed by atoms with van der Waals surface area (Å²) in [7, 11) is -2.78. The number of anilines is 1. The molecule has 1 N–H and O–H groups in total. The van der Waals surface area contributed by atoms with Crippen LogP contribution in [0.4, 0.5) is 5.88 Å². The van der Waals surface area contributed by atoms with Gasteiger partial charge in [-0.25, -0.2) is 8.42 Å². The summed E-state index contributed by atoms with van der Waals surface area (Å²) in [6.07, 6.45) is -1.18. The number of Topliss-reactive ketones (excluding diaryl/α,β-unsaturated/α-hetero) is 1. The average molecular weight is 423 g/mol. The molecular formula is C18H21N3O7S. The molecule has 29 heavy (non-hydrogen) atoms. The molecular weight excluding hydrogens is 402 g/mol. The molecule has 1 aromatic carbocycles. The number of hydrogen-bond donors (Lipinski definition) is 1. The van der Waals surface area contributed by atoms with Crippen molar-refractivity contribution < 1.29 is 32.1 Å². The quantitative estimate of drug-likeness (QED) is 0.497. The van der Waals surface area contributed by atoms with E-state index in [1.165, 1.54) is 51.2 Å². The smallest absolute Gasteiger partial charge is 0.322 e. The van der Waals surface area contributed by atoms with Crippen molar-refractivity contribution >= 4 is 33.6 Å². The van der Waals surface area contributed by atoms with Gasteiger partial charge >= 0.3 is 5.97 Å². The third kappa shape index (κ3) is 5.72. The van der Waals surface area contributed by atoms with Crippen molar-refractivity contribution in [1.29, 1.82) is 0 Å². The Morgan fingerprint density at radius 3 is 2.38 bits per heavy atom. The number of carbonyl (C=O) groups excluding carboxylic acids is 3. The van der Waals surface area contributed by atoms with Crippen LogP contribution in [-0.4, -0.2) is 55.2 Å². The van der Waals surface area contributed by atoms with E-state index in [2.05, 4.69) is 10.5 Å². The molecule has 1 unspecified atom stereocenters. The summed E-state index contributed by atoms with van der Waals surface area (Å²) in [6.45, 7) is 3.78. The van der Waals surface area contributed by atoms with E-state index in [0.717, 1.165) is 4.31 Å². The fraction of sp³-hybridized carbons (Fsp3) is 0.333. The molecule has 10 nitrogen and oxygen atoms in total. The van der Waals surface area contributed by atoms with Crippen LogP contribution in [0.1, 0.15) is 29.9 Å². The summed E-state index contributed by atoms with van der Waals surface area (Å²) in [6, 6.07) is 6.83. The maximum atomic E-state index is 12.5. The molecule has 2 aromatic rings. The molecule has 0 aliphatic carbocycles. The molecule has 1 atom stereocenters. The molecule has 0 aliphatic heterocycles. The van der Waals surface area contributed by atoms with Crippen LogP contribution in [0.5, 0.6) is 0 Å². The predicted molar refractivity (Wildman–Crippen MR) is 102 cm³/mol. The third-order valence-corrected chi connectivity index (χ3v) is 5.69. The van der Waals surface area contributed by atoms with Crippen molar-refractivity contribution in [3.8, 4) is 0 Å². The molecule has 0 radical (unpaired) electrons. The lowest BCUT2D eigenvalue weighted by molar-refractivity contribution is -0.153. The summed E-state index contributed by atoms with van der Waals surface area (Å²) in [5.41, 5.74) is 0.931. The molecule has 0 saturated carbocycles. The summed E-state index contributed by atoms with van der Waals surface area (Å²) < 4.78 is 35.7. The van der Waals surface area contributed by atoms with Crippen LogP contribution in [0.15, 0.2) is 39.8 Å². The number of hydrogen-bond acceptors (Lipinski definition) is 8. The number of aromatic nitrogens is 1. The van der Waals surface area contributed by atoms with Gasteiger partial charge in [0.15, 0.2) is 11.9 Å². The second kappa shape index (κ2) is 8.97. The van der Waals surface area contributed by atoms with Crippen LogP contribution in [0.2, 0.25) is 0 Å². The van der Waals surface area contributed by atoms with Crippen LogP contribution in [0.25, 0.3) is 0 Å². The maximum Gasteiger partial charge on any atom is 0.322 e. The Kier molecular flexibility index (Phi) is 6.88. The molecule has 2 rings (SSSR count). The van der Waals surface area contributed by atoms with Gasteiger partial charge in [-0.2, -0.15) is 4.31 Å². The van der Waals surface area contributed by atoms with E-state index in [9.17, 15) is 22.8 Å². The lowest BCUT2D eigenvalue weighted by Gasteiger charge is -2.18. The Morgan fingerprint density at radius 2 is 1.86 bits per heavy atom. The van der Waals surface area contributed by atoms with E-state index in [0.29, 0.717) is 11.3 Å². The number of sulfonamides is 1. The molecule has 1 heterocycles. The van der Waals surface area contributed by atoms with Crippen molar-refractivity contribution in [2.45, 2.75) is 31.8 Å². The lowest BCUT2D eigenvalue weighted by Crippen LogP contribution is -2.37. The summed E-state index contributed by atoms with van der Waals surface area (Å²) >= 11 is 0. The molecule has 0 bridgehead atoms. The van der Waals surface area contributed by atoms with E-state index < -0.39 is 34.5 Å². The van der Waals surface area contributed by atoms with E-state index in [4.69, 9.17) is 9.26 Å². The van der Waals surface area contributed by atoms with Crippen LogP contribution in [-0.2, 0) is 24.3 Å². The molecule has 1 amide bonds. The van der Waals surface area contributed by atoms with Gasteiger partial charge in [0.25, 0.3) is 5.91 Å². The van der Waals surface area contributed by atoms with Gasteiger partial charge in [0.05, 0.1) is 10.6 Å². The van der Waals surface area contributed by atoms with Crippen LogP contribution >= 0.6 is 0 Å². The van der Waals surface area contributed by atoms with Gasteiger partial charge in [0.1, 0.15) is 6.54 Å². The number of amides is 1. The monoisotopic (exact) mass is 423 g/mol. The summed E-state index contributed by atoms with van der Waals surface area (Å²) in [5.74, 6) is -1.66. The minimum Gasteiger partial charge on any atom is -0.452 e. The number of carbonyl (C=O) groups is 3. The highest BCUT2D eigenvalue weighted by molar-refractivity contribution is 7.89. The predicted octanol–water partition coefficient (Wildman–Crippen LogP) is 1.38. The molecule has 0 aliphatic rings. The van der Waals surface area contributed by atoms with Gasteiger partial charge < -0.3 is 9.26 Å².